The van der Waals surface area contributed by atoms with Crippen LogP contribution < -0.4 is 5.32 Å². The number of hydrogen-bond acceptors (Lipinski definition) is 4. The third kappa shape index (κ3) is 4.73. The fourth-order valence-electron chi connectivity index (χ4n) is 4.57. The predicted octanol–water partition coefficient (Wildman–Crippen LogP) is 3.63. The number of ether oxygens (including phenoxy) is 1. The summed E-state index contributed by atoms with van der Waals surface area (Å²) < 4.78 is 5.23. The second kappa shape index (κ2) is 9.31. The molecule has 0 spiro atoms. The minimum atomic E-state index is -0.566. The van der Waals surface area contributed by atoms with Crippen LogP contribution in [0.4, 0.5) is 0 Å². The van der Waals surface area contributed by atoms with Crippen molar-refractivity contribution in [3.05, 3.63) is 35.4 Å². The van der Waals surface area contributed by atoms with Gasteiger partial charge in [0.15, 0.2) is 11.9 Å². The number of benzene rings is 1. The van der Waals surface area contributed by atoms with Crippen LogP contribution in [0.2, 0.25) is 0 Å². The minimum Gasteiger partial charge on any atom is -0.457 e. The Labute approximate surface area is 156 Å². The van der Waals surface area contributed by atoms with Crippen LogP contribution in [-0.2, 0) is 20.7 Å². The first-order valence-corrected chi connectivity index (χ1v) is 10.1. The predicted molar refractivity (Wildman–Crippen MR) is 102 cm³/mol. The summed E-state index contributed by atoms with van der Waals surface area (Å²) in [5.74, 6) is 1.05. The van der Waals surface area contributed by atoms with Crippen LogP contribution in [0, 0.1) is 11.8 Å². The average Bonchev–Trinajstić information content (AvgIpc) is 3.22. The maximum absolute atomic E-state index is 12.7. The van der Waals surface area contributed by atoms with Crippen LogP contribution in [0.5, 0.6) is 0 Å². The fraction of sp³-hybridized carbons (Fsp3) is 0.636. The highest BCUT2D eigenvalue weighted by molar-refractivity contribution is 5.86. The highest BCUT2D eigenvalue weighted by Gasteiger charge is 2.33. The van der Waals surface area contributed by atoms with E-state index in [-0.39, 0.29) is 11.7 Å². The lowest BCUT2D eigenvalue weighted by atomic mass is 9.81. The van der Waals surface area contributed by atoms with Crippen LogP contribution in [0.1, 0.15) is 62.5 Å². The van der Waals surface area contributed by atoms with Gasteiger partial charge in [-0.05, 0) is 61.6 Å². The zero-order valence-electron chi connectivity index (χ0n) is 15.8. The Morgan fingerprint density at radius 3 is 2.62 bits per heavy atom. The Hall–Kier alpha value is -1.68. The molecule has 3 unspecified atom stereocenters. The third-order valence-electron chi connectivity index (χ3n) is 6.14. The van der Waals surface area contributed by atoms with Gasteiger partial charge in [0, 0.05) is 12.5 Å². The summed E-state index contributed by atoms with van der Waals surface area (Å²) in [6.45, 7) is 4.48. The molecule has 1 heterocycles. The number of carbonyl (C=O) groups is 2. The van der Waals surface area contributed by atoms with Crippen LogP contribution in [0.25, 0.3) is 0 Å². The van der Waals surface area contributed by atoms with Gasteiger partial charge in [0.1, 0.15) is 0 Å². The van der Waals surface area contributed by atoms with Crippen molar-refractivity contribution >= 4 is 12.3 Å². The molecule has 0 radical (unpaired) electrons. The smallest absolute Gasteiger partial charge is 0.293 e. The number of rotatable bonds is 8. The molecule has 2 aliphatic rings. The summed E-state index contributed by atoms with van der Waals surface area (Å²) in [6, 6.07) is 8.88. The number of piperidine rings is 1. The van der Waals surface area contributed by atoms with Gasteiger partial charge in [-0.15, -0.1) is 0 Å². The van der Waals surface area contributed by atoms with E-state index in [1.165, 1.54) is 11.1 Å². The monoisotopic (exact) mass is 357 g/mol. The molecule has 1 aliphatic carbocycles. The van der Waals surface area contributed by atoms with Crippen molar-refractivity contribution in [2.45, 2.75) is 63.9 Å². The molecule has 1 aromatic carbocycles. The number of nitrogens with one attached hydrogen (secondary N) is 1. The number of hydrogen-bond donors (Lipinski definition) is 1. The van der Waals surface area contributed by atoms with Gasteiger partial charge < -0.3 is 10.1 Å². The molecule has 0 bridgehead atoms. The molecule has 1 saturated heterocycles. The first kappa shape index (κ1) is 19.1. The summed E-state index contributed by atoms with van der Waals surface area (Å²) >= 11 is 0. The van der Waals surface area contributed by atoms with Crippen LogP contribution in [0.15, 0.2) is 24.3 Å². The van der Waals surface area contributed by atoms with Gasteiger partial charge in [-0.2, -0.15) is 0 Å². The summed E-state index contributed by atoms with van der Waals surface area (Å²) in [6.07, 6.45) is 6.30. The maximum Gasteiger partial charge on any atom is 0.293 e. The van der Waals surface area contributed by atoms with Crippen molar-refractivity contribution in [1.82, 2.24) is 5.32 Å². The normalized spacial score (nSPS) is 25.0. The zero-order valence-corrected chi connectivity index (χ0v) is 15.8. The van der Waals surface area contributed by atoms with Crippen molar-refractivity contribution in [3.8, 4) is 0 Å². The molecule has 4 heteroatoms. The molecule has 26 heavy (non-hydrogen) atoms. The lowest BCUT2D eigenvalue weighted by Gasteiger charge is -2.32. The average molecular weight is 357 g/mol. The second-order valence-electron chi connectivity index (χ2n) is 7.89. The second-order valence-corrected chi connectivity index (χ2v) is 7.89. The van der Waals surface area contributed by atoms with Gasteiger partial charge in [-0.25, -0.2) is 0 Å². The van der Waals surface area contributed by atoms with Gasteiger partial charge in [0.2, 0.25) is 0 Å². The van der Waals surface area contributed by atoms with E-state index in [0.29, 0.717) is 24.7 Å². The molecule has 3 atom stereocenters. The Bertz CT molecular complexity index is 592. The van der Waals surface area contributed by atoms with Gasteiger partial charge in [0.25, 0.3) is 6.47 Å². The SMILES string of the molecule is CCc1ccc(C2CNCC(CC(OC=O)C(=O)C3CCCC3)C2)cc1. The van der Waals surface area contributed by atoms with E-state index in [1.807, 2.05) is 0 Å². The van der Waals surface area contributed by atoms with Gasteiger partial charge in [-0.3, -0.25) is 9.59 Å². The molecule has 4 nitrogen and oxygen atoms in total. The standard InChI is InChI=1S/C22H31NO3/c1-2-16-7-9-18(10-8-16)20-11-17(13-23-14-20)12-21(26-15-24)22(25)19-5-3-4-6-19/h7-10,15,17,19-21,23H,2-6,11-14H2,1H3. The molecule has 2 fully saturated rings. The molecule has 0 aromatic heterocycles. The summed E-state index contributed by atoms with van der Waals surface area (Å²) in [5.41, 5.74) is 2.71. The highest BCUT2D eigenvalue weighted by atomic mass is 16.5. The molecule has 1 N–H and O–H groups in total. The molecule has 1 aliphatic heterocycles. The van der Waals surface area contributed by atoms with Crippen molar-refractivity contribution < 1.29 is 14.3 Å². The van der Waals surface area contributed by atoms with Crippen LogP contribution in [0.3, 0.4) is 0 Å². The Balaban J connectivity index is 1.61. The number of aryl methyl sites for hydroxylation is 1. The molecule has 0 amide bonds. The van der Waals surface area contributed by atoms with E-state index in [1.54, 1.807) is 0 Å². The van der Waals surface area contributed by atoms with E-state index >= 15 is 0 Å². The van der Waals surface area contributed by atoms with E-state index in [4.69, 9.17) is 4.74 Å². The van der Waals surface area contributed by atoms with E-state index in [0.717, 1.165) is 51.6 Å². The largest absolute Gasteiger partial charge is 0.457 e. The first-order chi connectivity index (χ1) is 12.7. The molecule has 1 aromatic rings. The van der Waals surface area contributed by atoms with E-state index < -0.39 is 6.10 Å². The molecule has 142 valence electrons. The topological polar surface area (TPSA) is 55.4 Å². The van der Waals surface area contributed by atoms with Crippen molar-refractivity contribution in [2.75, 3.05) is 13.1 Å². The maximum atomic E-state index is 12.7. The molecular weight excluding hydrogens is 326 g/mol. The Kier molecular flexibility index (Phi) is 6.84. The lowest BCUT2D eigenvalue weighted by Crippen LogP contribution is -2.39. The minimum absolute atomic E-state index is 0.0916. The zero-order chi connectivity index (χ0) is 18.4. The van der Waals surface area contributed by atoms with Crippen LogP contribution in [-0.4, -0.2) is 31.4 Å². The molecule has 1 saturated carbocycles. The number of carbonyl (C=O) groups excluding carboxylic acids is 2. The lowest BCUT2D eigenvalue weighted by molar-refractivity contribution is -0.147. The summed E-state index contributed by atoms with van der Waals surface area (Å²) in [7, 11) is 0. The quantitative estimate of drug-likeness (QED) is 0.722. The Morgan fingerprint density at radius 1 is 1.23 bits per heavy atom. The molecular formula is C22H31NO3. The van der Waals surface area contributed by atoms with Crippen molar-refractivity contribution in [3.63, 3.8) is 0 Å². The fourth-order valence-corrected chi connectivity index (χ4v) is 4.57. The van der Waals surface area contributed by atoms with E-state index in [2.05, 4.69) is 36.5 Å². The Morgan fingerprint density at radius 2 is 1.96 bits per heavy atom. The summed E-state index contributed by atoms with van der Waals surface area (Å²) in [4.78, 5) is 23.7. The van der Waals surface area contributed by atoms with Gasteiger partial charge in [0.05, 0.1) is 0 Å². The highest BCUT2D eigenvalue weighted by Crippen LogP contribution is 2.32. The molecule has 3 rings (SSSR count). The number of ketones is 1. The van der Waals surface area contributed by atoms with Crippen molar-refractivity contribution in [1.29, 1.82) is 0 Å². The summed E-state index contributed by atoms with van der Waals surface area (Å²) in [5, 5.41) is 3.51. The third-order valence-corrected chi connectivity index (χ3v) is 6.14. The van der Waals surface area contributed by atoms with Crippen LogP contribution >= 0.6 is 0 Å². The first-order valence-electron chi connectivity index (χ1n) is 10.1. The van der Waals surface area contributed by atoms with E-state index in [9.17, 15) is 9.59 Å². The van der Waals surface area contributed by atoms with Gasteiger partial charge >= 0.3 is 0 Å². The number of Topliss-reactive ketones (excluding diaryl/α,β-unsaturated/α-hetero) is 1. The van der Waals surface area contributed by atoms with Gasteiger partial charge in [-0.1, -0.05) is 44.0 Å². The van der Waals surface area contributed by atoms with Crippen molar-refractivity contribution in [2.24, 2.45) is 11.8 Å².